The number of carbonyl (C=O) groups is 1. The molecule has 28 heavy (non-hydrogen) atoms. The normalized spacial score (nSPS) is 18.0. The Bertz CT molecular complexity index is 891. The van der Waals surface area contributed by atoms with Crippen LogP contribution in [-0.2, 0) is 21.1 Å². The third kappa shape index (κ3) is 4.73. The fourth-order valence-electron chi connectivity index (χ4n) is 3.81. The van der Waals surface area contributed by atoms with Gasteiger partial charge in [-0.2, -0.15) is 0 Å². The number of anilines is 2. The van der Waals surface area contributed by atoms with Gasteiger partial charge in [0.25, 0.3) is 0 Å². The second kappa shape index (κ2) is 8.78. The number of hydrogen-bond acceptors (Lipinski definition) is 4. The van der Waals surface area contributed by atoms with Crippen LogP contribution in [0.25, 0.3) is 0 Å². The van der Waals surface area contributed by atoms with E-state index in [9.17, 15) is 13.2 Å². The average Bonchev–Trinajstić information content (AvgIpc) is 3.04. The Morgan fingerprint density at radius 2 is 1.57 bits per heavy atom. The first-order valence-electron chi connectivity index (χ1n) is 9.85. The van der Waals surface area contributed by atoms with Crippen molar-refractivity contribution < 1.29 is 13.2 Å². The predicted octanol–water partition coefficient (Wildman–Crippen LogP) is 3.30. The smallest absolute Gasteiger partial charge is 0.231 e. The molecule has 0 saturated carbocycles. The maximum absolute atomic E-state index is 13.2. The second-order valence-electron chi connectivity index (χ2n) is 7.17. The molecule has 0 spiro atoms. The van der Waals surface area contributed by atoms with Crippen LogP contribution in [0.2, 0.25) is 0 Å². The molecule has 1 atom stereocenters. The molecule has 1 fully saturated rings. The minimum absolute atomic E-state index is 0.0331. The lowest BCUT2D eigenvalue weighted by molar-refractivity contribution is -0.118. The number of benzene rings is 2. The molecule has 1 saturated heterocycles. The summed E-state index contributed by atoms with van der Waals surface area (Å²) in [5, 5.41) is 0. The summed E-state index contributed by atoms with van der Waals surface area (Å²) in [5.41, 5.74) is 2.79. The highest BCUT2D eigenvalue weighted by Crippen LogP contribution is 2.27. The molecule has 0 aliphatic carbocycles. The third-order valence-electron chi connectivity index (χ3n) is 5.30. The molecular weight excluding hydrogens is 372 g/mol. The first-order chi connectivity index (χ1) is 13.4. The third-order valence-corrected chi connectivity index (χ3v) is 7.05. The lowest BCUT2D eigenvalue weighted by atomic mass is 10.1. The molecule has 0 bridgehead atoms. The Labute approximate surface area is 167 Å². The Morgan fingerprint density at radius 3 is 2.11 bits per heavy atom. The van der Waals surface area contributed by atoms with Gasteiger partial charge in [-0.1, -0.05) is 30.3 Å². The highest BCUT2D eigenvalue weighted by Gasteiger charge is 2.35. The Balaban J connectivity index is 1.89. The molecule has 0 N–H and O–H groups in total. The maximum Gasteiger partial charge on any atom is 0.231 e. The van der Waals surface area contributed by atoms with Crippen LogP contribution in [-0.4, -0.2) is 45.0 Å². The summed E-state index contributed by atoms with van der Waals surface area (Å²) in [6, 6.07) is 17.2. The number of hydrogen-bond donors (Lipinski definition) is 0. The van der Waals surface area contributed by atoms with Crippen LogP contribution >= 0.6 is 0 Å². The van der Waals surface area contributed by atoms with Gasteiger partial charge in [0.1, 0.15) is 0 Å². The SMILES string of the molecule is CCN(CC)c1ccc(N(C(=O)Cc2ccccc2)C2CCS(=O)(=O)C2)cc1. The van der Waals surface area contributed by atoms with Gasteiger partial charge in [0.2, 0.25) is 5.91 Å². The van der Waals surface area contributed by atoms with Gasteiger partial charge in [0, 0.05) is 24.5 Å². The molecule has 5 nitrogen and oxygen atoms in total. The summed E-state index contributed by atoms with van der Waals surface area (Å²) in [6.45, 7) is 6.04. The summed E-state index contributed by atoms with van der Waals surface area (Å²) in [7, 11) is -3.09. The van der Waals surface area contributed by atoms with E-state index in [1.807, 2.05) is 54.6 Å². The first-order valence-corrected chi connectivity index (χ1v) is 11.7. The average molecular weight is 401 g/mol. The van der Waals surface area contributed by atoms with E-state index in [0.29, 0.717) is 6.42 Å². The number of rotatable bonds is 7. The van der Waals surface area contributed by atoms with Gasteiger partial charge in [-0.05, 0) is 50.1 Å². The lowest BCUT2D eigenvalue weighted by Gasteiger charge is -2.29. The van der Waals surface area contributed by atoms with Gasteiger partial charge in [-0.25, -0.2) is 8.42 Å². The van der Waals surface area contributed by atoms with Crippen LogP contribution in [0.5, 0.6) is 0 Å². The van der Waals surface area contributed by atoms with Crippen molar-refractivity contribution in [3.8, 4) is 0 Å². The molecule has 2 aromatic carbocycles. The molecule has 150 valence electrons. The van der Waals surface area contributed by atoms with Gasteiger partial charge >= 0.3 is 0 Å². The fraction of sp³-hybridized carbons (Fsp3) is 0.409. The van der Waals surface area contributed by atoms with Gasteiger partial charge in [-0.3, -0.25) is 4.79 Å². The highest BCUT2D eigenvalue weighted by atomic mass is 32.2. The molecule has 0 aromatic heterocycles. The minimum atomic E-state index is -3.09. The Hall–Kier alpha value is -2.34. The van der Waals surface area contributed by atoms with E-state index in [1.165, 1.54) is 0 Å². The molecule has 1 aliphatic rings. The van der Waals surface area contributed by atoms with Crippen molar-refractivity contribution in [2.75, 3.05) is 34.4 Å². The number of sulfone groups is 1. The van der Waals surface area contributed by atoms with Crippen molar-refractivity contribution in [3.63, 3.8) is 0 Å². The maximum atomic E-state index is 13.2. The second-order valence-corrected chi connectivity index (χ2v) is 9.40. The van der Waals surface area contributed by atoms with Crippen LogP contribution in [0.1, 0.15) is 25.8 Å². The van der Waals surface area contributed by atoms with E-state index in [1.54, 1.807) is 4.90 Å². The Kier molecular flexibility index (Phi) is 6.39. The predicted molar refractivity (Wildman–Crippen MR) is 115 cm³/mol. The summed E-state index contributed by atoms with van der Waals surface area (Å²) in [6.07, 6.45) is 0.746. The lowest BCUT2D eigenvalue weighted by Crippen LogP contribution is -2.42. The van der Waals surface area contributed by atoms with Crippen molar-refractivity contribution >= 4 is 27.1 Å². The first kappa shape index (κ1) is 20.4. The van der Waals surface area contributed by atoms with E-state index in [0.717, 1.165) is 30.0 Å². The van der Waals surface area contributed by atoms with Gasteiger partial charge in [0.05, 0.1) is 24.0 Å². The zero-order chi connectivity index (χ0) is 20.1. The molecule has 6 heteroatoms. The standard InChI is InChI=1S/C22H28N2O3S/c1-3-23(4-2)19-10-12-20(13-11-19)24(21-14-15-28(26,27)17-21)22(25)16-18-8-6-5-7-9-18/h5-13,21H,3-4,14-17H2,1-2H3. The van der Waals surface area contributed by atoms with Crippen molar-refractivity contribution in [2.45, 2.75) is 32.7 Å². The van der Waals surface area contributed by atoms with Gasteiger partial charge < -0.3 is 9.80 Å². The van der Waals surface area contributed by atoms with E-state index in [4.69, 9.17) is 0 Å². The van der Waals surface area contributed by atoms with E-state index >= 15 is 0 Å². The Morgan fingerprint density at radius 1 is 0.964 bits per heavy atom. The number of carbonyl (C=O) groups excluding carboxylic acids is 1. The molecular formula is C22H28N2O3S. The number of amides is 1. The van der Waals surface area contributed by atoms with Crippen LogP contribution in [0.4, 0.5) is 11.4 Å². The summed E-state index contributed by atoms with van der Waals surface area (Å²) in [4.78, 5) is 17.1. The molecule has 3 rings (SSSR count). The van der Waals surface area contributed by atoms with Crippen LogP contribution in [0.3, 0.4) is 0 Å². The van der Waals surface area contributed by atoms with E-state index < -0.39 is 9.84 Å². The van der Waals surface area contributed by atoms with Crippen LogP contribution < -0.4 is 9.80 Å². The summed E-state index contributed by atoms with van der Waals surface area (Å²) in [5.74, 6) is 0.110. The zero-order valence-electron chi connectivity index (χ0n) is 16.5. The van der Waals surface area contributed by atoms with Crippen LogP contribution in [0.15, 0.2) is 54.6 Å². The quantitative estimate of drug-likeness (QED) is 0.716. The number of nitrogens with zero attached hydrogens (tertiary/aromatic N) is 2. The molecule has 0 radical (unpaired) electrons. The molecule has 1 heterocycles. The molecule has 1 unspecified atom stereocenters. The van der Waals surface area contributed by atoms with E-state index in [2.05, 4.69) is 18.7 Å². The van der Waals surface area contributed by atoms with Gasteiger partial charge in [-0.15, -0.1) is 0 Å². The summed E-state index contributed by atoms with van der Waals surface area (Å²) < 4.78 is 24.1. The fourth-order valence-corrected chi connectivity index (χ4v) is 5.51. The van der Waals surface area contributed by atoms with Crippen molar-refractivity contribution in [1.82, 2.24) is 0 Å². The van der Waals surface area contributed by atoms with Crippen LogP contribution in [0, 0.1) is 0 Å². The largest absolute Gasteiger partial charge is 0.372 e. The van der Waals surface area contributed by atoms with Crippen molar-refractivity contribution in [1.29, 1.82) is 0 Å². The molecule has 2 aromatic rings. The monoisotopic (exact) mass is 400 g/mol. The summed E-state index contributed by atoms with van der Waals surface area (Å²) >= 11 is 0. The van der Waals surface area contributed by atoms with Gasteiger partial charge in [0.15, 0.2) is 9.84 Å². The molecule has 1 aliphatic heterocycles. The van der Waals surface area contributed by atoms with E-state index in [-0.39, 0.29) is 29.9 Å². The minimum Gasteiger partial charge on any atom is -0.372 e. The molecule has 1 amide bonds. The van der Waals surface area contributed by atoms with Crippen molar-refractivity contribution in [3.05, 3.63) is 60.2 Å². The zero-order valence-corrected chi connectivity index (χ0v) is 17.4. The van der Waals surface area contributed by atoms with Crippen molar-refractivity contribution in [2.24, 2.45) is 0 Å². The highest BCUT2D eigenvalue weighted by molar-refractivity contribution is 7.91. The topological polar surface area (TPSA) is 57.7 Å².